The van der Waals surface area contributed by atoms with E-state index in [0.29, 0.717) is 17.1 Å². The van der Waals surface area contributed by atoms with Gasteiger partial charge in [-0.2, -0.15) is 28.1 Å². The summed E-state index contributed by atoms with van der Waals surface area (Å²) < 4.78 is 44.1. The molecule has 4 rings (SSSR count). The summed E-state index contributed by atoms with van der Waals surface area (Å²) in [5.41, 5.74) is 0.998. The number of ether oxygens (including phenoxy) is 1. The summed E-state index contributed by atoms with van der Waals surface area (Å²) in [4.78, 5) is 36.7. The quantitative estimate of drug-likeness (QED) is 0.164. The number of benzene rings is 2. The maximum absolute atomic E-state index is 12.9. The summed E-state index contributed by atoms with van der Waals surface area (Å²) in [5, 5.41) is 20.8. The van der Waals surface area contributed by atoms with Gasteiger partial charge in [0.05, 0.1) is 45.2 Å². The fourth-order valence-electron chi connectivity index (χ4n) is 4.53. The van der Waals surface area contributed by atoms with Gasteiger partial charge < -0.3 is 35.1 Å². The van der Waals surface area contributed by atoms with Gasteiger partial charge in [-0.3, -0.25) is 4.79 Å². The number of carboxylic acids is 1. The van der Waals surface area contributed by atoms with E-state index in [2.05, 4.69) is 30.9 Å². The maximum atomic E-state index is 12.9. The molecule has 1 aliphatic rings. The van der Waals surface area contributed by atoms with Gasteiger partial charge in [0.2, 0.25) is 11.9 Å². The monoisotopic (exact) mass is 649 g/mol. The molecule has 0 spiro atoms. The van der Waals surface area contributed by atoms with Crippen LogP contribution in [-0.2, 0) is 10.3 Å². The maximum Gasteiger partial charge on any atom is 0.422 e. The van der Waals surface area contributed by atoms with Crippen molar-refractivity contribution < 1.29 is 37.1 Å². The lowest BCUT2D eigenvalue weighted by Crippen LogP contribution is -2.48. The van der Waals surface area contributed by atoms with Gasteiger partial charge in [0.25, 0.3) is 5.91 Å². The molecule has 3 aromatic rings. The summed E-state index contributed by atoms with van der Waals surface area (Å²) in [5.74, 6) is -2.05. The molecule has 1 fully saturated rings. The van der Waals surface area contributed by atoms with E-state index in [4.69, 9.17) is 16.3 Å². The van der Waals surface area contributed by atoms with E-state index in [9.17, 15) is 27.9 Å². The zero-order chi connectivity index (χ0) is 32.8. The molecule has 1 aromatic heterocycles. The zero-order valence-electron chi connectivity index (χ0n) is 25.1. The number of aromatic nitrogens is 3. The summed E-state index contributed by atoms with van der Waals surface area (Å²) >= 11 is 6.01. The van der Waals surface area contributed by atoms with Gasteiger partial charge in [-0.25, -0.2) is 0 Å². The summed E-state index contributed by atoms with van der Waals surface area (Å²) in [6.45, 7) is -0.731. The second-order valence-electron chi connectivity index (χ2n) is 11.9. The van der Waals surface area contributed by atoms with Crippen LogP contribution in [0.4, 0.5) is 30.8 Å². The molecule has 1 heterocycles. The fourth-order valence-corrected chi connectivity index (χ4v) is 4.66. The molecular weight excluding hydrogens is 615 g/mol. The number of quaternary nitrogens is 1. The summed E-state index contributed by atoms with van der Waals surface area (Å²) in [6, 6.07) is 11.5. The van der Waals surface area contributed by atoms with Gasteiger partial charge in [0.15, 0.2) is 6.61 Å². The number of hydrogen-bond donors (Lipinski definition) is 3. The molecule has 1 aliphatic carbocycles. The van der Waals surface area contributed by atoms with E-state index in [1.165, 1.54) is 24.3 Å². The molecule has 3 N–H and O–H groups in total. The third kappa shape index (κ3) is 10.5. The van der Waals surface area contributed by atoms with Crippen LogP contribution in [-0.4, -0.2) is 77.8 Å². The van der Waals surface area contributed by atoms with Crippen LogP contribution in [0.1, 0.15) is 48.0 Å². The van der Waals surface area contributed by atoms with Gasteiger partial charge in [0, 0.05) is 16.3 Å². The predicted molar refractivity (Wildman–Crippen MR) is 160 cm³/mol. The number of amides is 1. The van der Waals surface area contributed by atoms with Crippen LogP contribution in [0.25, 0.3) is 0 Å². The van der Waals surface area contributed by atoms with Crippen molar-refractivity contribution in [1.82, 2.24) is 20.3 Å². The smallest absolute Gasteiger partial charge is 0.422 e. The molecular formula is C30H35ClF3N7O4. The van der Waals surface area contributed by atoms with Crippen LogP contribution in [0.15, 0.2) is 48.5 Å². The Balaban J connectivity index is 1.45. The van der Waals surface area contributed by atoms with Crippen molar-refractivity contribution in [2.24, 2.45) is 0 Å². The van der Waals surface area contributed by atoms with Crippen LogP contribution < -0.4 is 25.8 Å². The number of anilines is 3. The van der Waals surface area contributed by atoms with Crippen LogP contribution in [0.2, 0.25) is 5.02 Å². The van der Waals surface area contributed by atoms with Gasteiger partial charge >= 0.3 is 12.2 Å². The number of carbonyl (C=O) groups is 2. The van der Waals surface area contributed by atoms with Crippen molar-refractivity contribution in [1.29, 1.82) is 0 Å². The van der Waals surface area contributed by atoms with Crippen molar-refractivity contribution in [2.75, 3.05) is 44.9 Å². The van der Waals surface area contributed by atoms with Crippen molar-refractivity contribution in [3.05, 3.63) is 64.7 Å². The molecule has 0 saturated heterocycles. The Kier molecular flexibility index (Phi) is 10.4. The number of alkyl halides is 3. The Morgan fingerprint density at radius 1 is 1.00 bits per heavy atom. The summed E-state index contributed by atoms with van der Waals surface area (Å²) in [6.07, 6.45) is -1.49. The number of nitrogens with one attached hydrogen (secondary N) is 3. The molecule has 1 amide bonds. The Bertz CT molecular complexity index is 1480. The lowest BCUT2D eigenvalue weighted by atomic mass is 10.1. The molecule has 0 radical (unpaired) electrons. The highest BCUT2D eigenvalue weighted by molar-refractivity contribution is 6.30. The minimum Gasteiger partial charge on any atom is -0.548 e. The van der Waals surface area contributed by atoms with Crippen LogP contribution >= 0.6 is 11.6 Å². The van der Waals surface area contributed by atoms with Gasteiger partial charge in [-0.15, -0.1) is 0 Å². The first kappa shape index (κ1) is 33.7. The van der Waals surface area contributed by atoms with E-state index in [-0.39, 0.29) is 23.9 Å². The van der Waals surface area contributed by atoms with E-state index >= 15 is 0 Å². The molecule has 15 heteroatoms. The first-order chi connectivity index (χ1) is 21.1. The summed E-state index contributed by atoms with van der Waals surface area (Å²) in [7, 11) is 6.12. The zero-order valence-corrected chi connectivity index (χ0v) is 25.8. The number of carbonyl (C=O) groups excluding carboxylic acids is 2. The number of unbranched alkanes of at least 4 members (excludes halogenated alkanes) is 1. The molecule has 45 heavy (non-hydrogen) atoms. The van der Waals surface area contributed by atoms with Crippen molar-refractivity contribution in [2.45, 2.75) is 49.9 Å². The minimum absolute atomic E-state index is 0.00268. The molecule has 2 aromatic carbocycles. The molecule has 1 atom stereocenters. The van der Waals surface area contributed by atoms with Gasteiger partial charge in [0.1, 0.15) is 0 Å². The number of nitrogens with zero attached hydrogens (tertiary/aromatic N) is 4. The largest absolute Gasteiger partial charge is 0.548 e. The number of aliphatic carboxylic acids is 1. The number of hydrogen-bond acceptors (Lipinski definition) is 9. The molecule has 1 saturated carbocycles. The van der Waals surface area contributed by atoms with E-state index < -0.39 is 42.3 Å². The first-order valence-electron chi connectivity index (χ1n) is 14.3. The number of halogens is 4. The molecule has 11 nitrogen and oxygen atoms in total. The second-order valence-corrected chi connectivity index (χ2v) is 12.4. The first-order valence-corrected chi connectivity index (χ1v) is 14.7. The topological polar surface area (TPSA) is 141 Å². The van der Waals surface area contributed by atoms with Crippen molar-refractivity contribution >= 4 is 41.1 Å². The average molecular weight is 650 g/mol. The highest BCUT2D eigenvalue weighted by Crippen LogP contribution is 2.48. The van der Waals surface area contributed by atoms with E-state index in [1.54, 1.807) is 12.1 Å². The van der Waals surface area contributed by atoms with Crippen LogP contribution in [0.5, 0.6) is 6.01 Å². The van der Waals surface area contributed by atoms with Gasteiger partial charge in [-0.1, -0.05) is 23.7 Å². The normalized spacial score (nSPS) is 14.7. The van der Waals surface area contributed by atoms with Gasteiger partial charge in [-0.05, 0) is 74.1 Å². The molecule has 0 bridgehead atoms. The average Bonchev–Trinajstić information content (AvgIpc) is 3.73. The lowest BCUT2D eigenvalue weighted by molar-refractivity contribution is -0.870. The number of rotatable bonds is 15. The molecule has 0 aliphatic heterocycles. The van der Waals surface area contributed by atoms with Crippen LogP contribution in [0.3, 0.4) is 0 Å². The highest BCUT2D eigenvalue weighted by Gasteiger charge is 2.45. The predicted octanol–water partition coefficient (Wildman–Crippen LogP) is 4.04. The van der Waals surface area contributed by atoms with E-state index in [1.807, 2.05) is 33.3 Å². The Morgan fingerprint density at radius 3 is 2.22 bits per heavy atom. The van der Waals surface area contributed by atoms with Crippen LogP contribution in [0, 0.1) is 0 Å². The minimum atomic E-state index is -4.60. The third-order valence-electron chi connectivity index (χ3n) is 7.04. The lowest BCUT2D eigenvalue weighted by Gasteiger charge is -2.24. The Hall–Kier alpha value is -4.17. The Morgan fingerprint density at radius 2 is 1.64 bits per heavy atom. The van der Waals surface area contributed by atoms with E-state index in [0.717, 1.165) is 35.9 Å². The molecule has 242 valence electrons. The second kappa shape index (κ2) is 13.9. The third-order valence-corrected chi connectivity index (χ3v) is 7.29. The molecule has 0 unspecified atom stereocenters. The van der Waals surface area contributed by atoms with Crippen molar-refractivity contribution in [3.63, 3.8) is 0 Å². The SMILES string of the molecule is C[N+](C)(C)CCCC[C@H](NC(=O)c1ccc(Nc2nc(NC3(c4ccc(Cl)cc4)CC3)nc(OCC(F)(F)F)n2)cc1)C(=O)[O-]. The standard InChI is InChI=1S/C30H35ClF3N7O4/c1-41(2,3)17-5-4-6-23(25(43)44)36-24(42)19-7-13-22(14-8-19)35-26-37-27(39-28(38-26)45-18-30(32,33)34)40-29(15-16-29)20-9-11-21(31)12-10-20/h7-14,23H,4-6,15-18H2,1-3H3,(H3-,35,36,37,38,39,40,42,43,44)/t23-/m0/s1. The fraction of sp³-hybridized carbons (Fsp3) is 0.433. The number of carboxylic acid groups (broad SMARTS) is 1. The van der Waals surface area contributed by atoms with Crippen molar-refractivity contribution in [3.8, 4) is 6.01 Å². The Labute approximate surface area is 263 Å². The highest BCUT2D eigenvalue weighted by atomic mass is 35.5.